The number of carbonyl (C=O) groups is 1. The Kier molecular flexibility index (Phi) is 5.56. The fourth-order valence-electron chi connectivity index (χ4n) is 3.72. The van der Waals surface area contributed by atoms with Crippen molar-refractivity contribution in [2.24, 2.45) is 4.99 Å². The van der Waals surface area contributed by atoms with Gasteiger partial charge < -0.3 is 10.6 Å². The zero-order valence-electron chi connectivity index (χ0n) is 16.4. The van der Waals surface area contributed by atoms with Crippen LogP contribution in [0.15, 0.2) is 77.3 Å². The van der Waals surface area contributed by atoms with Gasteiger partial charge in [0.25, 0.3) is 5.91 Å². The molecule has 2 aromatic rings. The maximum absolute atomic E-state index is 13.9. The number of nitrogens with zero attached hydrogens (tertiary/aromatic N) is 1. The summed E-state index contributed by atoms with van der Waals surface area (Å²) in [4.78, 5) is 16.8. The van der Waals surface area contributed by atoms with Crippen LogP contribution in [0.3, 0.4) is 0 Å². The second kappa shape index (κ2) is 8.43. The Morgan fingerprint density at radius 3 is 2.76 bits per heavy atom. The van der Waals surface area contributed by atoms with E-state index in [1.54, 1.807) is 12.1 Å². The van der Waals surface area contributed by atoms with Crippen molar-refractivity contribution in [3.63, 3.8) is 0 Å². The van der Waals surface area contributed by atoms with Crippen molar-refractivity contribution in [2.75, 3.05) is 6.54 Å². The molecular formula is C24H24FN3O. The van der Waals surface area contributed by atoms with Gasteiger partial charge in [-0.1, -0.05) is 54.6 Å². The van der Waals surface area contributed by atoms with E-state index in [1.165, 1.54) is 11.6 Å². The molecule has 4 nitrogen and oxygen atoms in total. The number of aliphatic imine (C=N–C) groups is 1. The summed E-state index contributed by atoms with van der Waals surface area (Å²) in [6.45, 7) is 2.54. The van der Waals surface area contributed by atoms with E-state index in [0.29, 0.717) is 17.7 Å². The lowest BCUT2D eigenvalue weighted by molar-refractivity contribution is -0.117. The zero-order chi connectivity index (χ0) is 20.2. The molecule has 148 valence electrons. The lowest BCUT2D eigenvalue weighted by atomic mass is 9.99. The molecule has 0 aromatic heterocycles. The Balaban J connectivity index is 1.25. The molecule has 2 unspecified atom stereocenters. The highest BCUT2D eigenvalue weighted by molar-refractivity contribution is 5.97. The molecule has 1 aliphatic carbocycles. The number of hydrogen-bond donors (Lipinski definition) is 2. The highest BCUT2D eigenvalue weighted by atomic mass is 19.1. The van der Waals surface area contributed by atoms with Gasteiger partial charge >= 0.3 is 0 Å². The molecule has 29 heavy (non-hydrogen) atoms. The first-order valence-electron chi connectivity index (χ1n) is 9.93. The Hall–Kier alpha value is -3.21. The van der Waals surface area contributed by atoms with Crippen molar-refractivity contribution < 1.29 is 9.18 Å². The molecule has 2 N–H and O–H groups in total. The molecule has 0 spiro atoms. The van der Waals surface area contributed by atoms with Gasteiger partial charge in [0.1, 0.15) is 5.82 Å². The maximum Gasteiger partial charge on any atom is 0.251 e. The summed E-state index contributed by atoms with van der Waals surface area (Å²) >= 11 is 0. The first kappa shape index (κ1) is 19.1. The second-order valence-electron chi connectivity index (χ2n) is 7.39. The van der Waals surface area contributed by atoms with E-state index in [-0.39, 0.29) is 23.8 Å². The number of nitrogens with one attached hydrogen (secondary N) is 2. The number of aryl methyl sites for hydroxylation is 1. The van der Waals surface area contributed by atoms with E-state index < -0.39 is 0 Å². The van der Waals surface area contributed by atoms with Gasteiger partial charge in [0.2, 0.25) is 0 Å². The molecule has 2 atom stereocenters. The number of fused-ring (bicyclic) bond motifs is 1. The highest BCUT2D eigenvalue weighted by Gasteiger charge is 2.27. The normalized spacial score (nSPS) is 19.8. The third-order valence-corrected chi connectivity index (χ3v) is 5.25. The fourth-order valence-corrected chi connectivity index (χ4v) is 3.72. The predicted molar refractivity (Wildman–Crippen MR) is 114 cm³/mol. The summed E-state index contributed by atoms with van der Waals surface area (Å²) < 4.78 is 13.9. The third-order valence-electron chi connectivity index (χ3n) is 5.25. The standard InChI is InChI=1S/C24H24FN3O/c1-16-27-22-13-12-19(15-23(22)28-16)24(29)26-14-4-5-17-8-10-18(11-9-17)20-6-2-3-7-21(20)25/h2-3,6-13,15,22-23H,4-5,14H2,1H3,(H,26,29)(H,27,28). The monoisotopic (exact) mass is 389 g/mol. The lowest BCUT2D eigenvalue weighted by Gasteiger charge is -2.17. The summed E-state index contributed by atoms with van der Waals surface area (Å²) in [5.41, 5.74) is 3.33. The Labute approximate surface area is 170 Å². The van der Waals surface area contributed by atoms with E-state index >= 15 is 0 Å². The Bertz CT molecular complexity index is 991. The van der Waals surface area contributed by atoms with Gasteiger partial charge in [-0.05, 0) is 43.0 Å². The number of halogens is 1. The summed E-state index contributed by atoms with van der Waals surface area (Å²) in [6.07, 6.45) is 7.46. The molecule has 0 saturated heterocycles. The molecule has 1 amide bonds. The molecule has 1 heterocycles. The number of benzene rings is 2. The Morgan fingerprint density at radius 1 is 1.17 bits per heavy atom. The minimum atomic E-state index is -0.213. The number of amidine groups is 1. The molecule has 5 heteroatoms. The van der Waals surface area contributed by atoms with Crippen LogP contribution in [-0.4, -0.2) is 30.4 Å². The summed E-state index contributed by atoms with van der Waals surface area (Å²) in [7, 11) is 0. The van der Waals surface area contributed by atoms with Crippen molar-refractivity contribution >= 4 is 11.7 Å². The number of rotatable bonds is 6. The second-order valence-corrected chi connectivity index (χ2v) is 7.39. The van der Waals surface area contributed by atoms with Gasteiger partial charge in [-0.2, -0.15) is 0 Å². The van der Waals surface area contributed by atoms with Crippen molar-refractivity contribution in [1.82, 2.24) is 10.6 Å². The minimum absolute atomic E-state index is 0.0547. The number of amides is 1. The summed E-state index contributed by atoms with van der Waals surface area (Å²) in [5.74, 6) is 0.638. The zero-order valence-corrected chi connectivity index (χ0v) is 16.4. The molecule has 4 rings (SSSR count). The van der Waals surface area contributed by atoms with Gasteiger partial charge in [0.05, 0.1) is 17.9 Å². The van der Waals surface area contributed by atoms with Crippen LogP contribution < -0.4 is 10.6 Å². The molecule has 2 aliphatic rings. The van der Waals surface area contributed by atoms with Crippen LogP contribution in [0, 0.1) is 5.82 Å². The third kappa shape index (κ3) is 4.45. The molecule has 0 saturated carbocycles. The fraction of sp³-hybridized carbons (Fsp3) is 0.250. The average molecular weight is 389 g/mol. The van der Waals surface area contributed by atoms with Gasteiger partial charge in [-0.25, -0.2) is 4.39 Å². The quantitative estimate of drug-likeness (QED) is 0.739. The Morgan fingerprint density at radius 2 is 1.97 bits per heavy atom. The van der Waals surface area contributed by atoms with E-state index in [2.05, 4.69) is 15.6 Å². The van der Waals surface area contributed by atoms with Crippen LogP contribution >= 0.6 is 0 Å². The number of hydrogen-bond acceptors (Lipinski definition) is 3. The van der Waals surface area contributed by atoms with Crippen LogP contribution in [0.1, 0.15) is 18.9 Å². The lowest BCUT2D eigenvalue weighted by Crippen LogP contribution is -2.35. The minimum Gasteiger partial charge on any atom is -0.365 e. The topological polar surface area (TPSA) is 53.5 Å². The van der Waals surface area contributed by atoms with Crippen molar-refractivity contribution in [3.05, 3.63) is 83.7 Å². The van der Waals surface area contributed by atoms with Crippen LogP contribution in [0.2, 0.25) is 0 Å². The van der Waals surface area contributed by atoms with E-state index in [1.807, 2.05) is 55.5 Å². The van der Waals surface area contributed by atoms with Crippen LogP contribution in [0.4, 0.5) is 4.39 Å². The highest BCUT2D eigenvalue weighted by Crippen LogP contribution is 2.23. The molecule has 0 bridgehead atoms. The van der Waals surface area contributed by atoms with Crippen molar-refractivity contribution in [1.29, 1.82) is 0 Å². The van der Waals surface area contributed by atoms with E-state index in [0.717, 1.165) is 24.2 Å². The SMILES string of the molecule is CC1=NC2C=CC(C(=O)NCCCc3ccc(-c4ccccc4F)cc3)=CC2N1. The molecule has 0 fully saturated rings. The van der Waals surface area contributed by atoms with Gasteiger partial charge in [0, 0.05) is 17.7 Å². The van der Waals surface area contributed by atoms with Gasteiger partial charge in [-0.3, -0.25) is 9.79 Å². The number of carbonyl (C=O) groups excluding carboxylic acids is 1. The molecule has 2 aromatic carbocycles. The largest absolute Gasteiger partial charge is 0.365 e. The molecule has 0 radical (unpaired) electrons. The first-order chi connectivity index (χ1) is 14.1. The predicted octanol–water partition coefficient (Wildman–Crippen LogP) is 3.80. The molecule has 1 aliphatic heterocycles. The van der Waals surface area contributed by atoms with Crippen molar-refractivity contribution in [3.8, 4) is 11.1 Å². The average Bonchev–Trinajstić information content (AvgIpc) is 3.11. The molecular weight excluding hydrogens is 365 g/mol. The summed E-state index contributed by atoms with van der Waals surface area (Å²) in [5, 5.41) is 6.25. The van der Waals surface area contributed by atoms with E-state index in [9.17, 15) is 9.18 Å². The van der Waals surface area contributed by atoms with Gasteiger partial charge in [0.15, 0.2) is 0 Å². The van der Waals surface area contributed by atoms with E-state index in [4.69, 9.17) is 0 Å². The smallest absolute Gasteiger partial charge is 0.251 e. The summed E-state index contributed by atoms with van der Waals surface area (Å²) in [6, 6.07) is 14.9. The maximum atomic E-state index is 13.9. The van der Waals surface area contributed by atoms with Crippen LogP contribution in [-0.2, 0) is 11.2 Å². The van der Waals surface area contributed by atoms with Crippen LogP contribution in [0.25, 0.3) is 11.1 Å². The van der Waals surface area contributed by atoms with Gasteiger partial charge in [-0.15, -0.1) is 0 Å². The van der Waals surface area contributed by atoms with Crippen molar-refractivity contribution in [2.45, 2.75) is 31.8 Å². The van der Waals surface area contributed by atoms with Crippen LogP contribution in [0.5, 0.6) is 0 Å². The first-order valence-corrected chi connectivity index (χ1v) is 9.93.